The van der Waals surface area contributed by atoms with Crippen molar-refractivity contribution in [2.45, 2.75) is 39.5 Å². The predicted molar refractivity (Wildman–Crippen MR) is 95.1 cm³/mol. The van der Waals surface area contributed by atoms with Gasteiger partial charge < -0.3 is 19.5 Å². The highest BCUT2D eigenvalue weighted by Gasteiger charge is 2.28. The molecule has 0 spiro atoms. The molecule has 0 amide bonds. The second kappa shape index (κ2) is 8.27. The largest absolute Gasteiger partial charge is 0.367 e. The lowest BCUT2D eigenvalue weighted by Crippen LogP contribution is -2.50. The highest BCUT2D eigenvalue weighted by atomic mass is 19.1. The summed E-state index contributed by atoms with van der Waals surface area (Å²) in [5.41, 5.74) is 0.950. The number of nitrogens with zero attached hydrogens (tertiary/aromatic N) is 4. The average Bonchev–Trinajstić information content (AvgIpc) is 3.04. The zero-order valence-corrected chi connectivity index (χ0v) is 15.3. The molecule has 2 unspecified atom stereocenters. The minimum atomic E-state index is -0.251. The Labute approximate surface area is 152 Å². The van der Waals surface area contributed by atoms with E-state index < -0.39 is 0 Å². The fraction of sp³-hybridized carbons (Fsp3) is 0.500. The molecule has 2 aromatic rings. The Balaban J connectivity index is 1.75. The fourth-order valence-corrected chi connectivity index (χ4v) is 2.96. The number of hydrogen-bond acceptors (Lipinski definition) is 5. The highest BCUT2D eigenvalue weighted by molar-refractivity contribution is 5.80. The Morgan fingerprint density at radius 3 is 2.77 bits per heavy atom. The lowest BCUT2D eigenvalue weighted by atomic mass is 10.1. The van der Waals surface area contributed by atoms with Crippen LogP contribution in [0, 0.1) is 12.7 Å². The SMILES string of the molecule is CCNC(=NCc1nc(C)no1)N1CC(C)OC(c2ccc(F)cc2)C1. The first-order chi connectivity index (χ1) is 12.5. The number of rotatable bonds is 4. The first-order valence-corrected chi connectivity index (χ1v) is 8.78. The third-order valence-electron chi connectivity index (χ3n) is 4.07. The van der Waals surface area contributed by atoms with Crippen LogP contribution in [0.3, 0.4) is 0 Å². The average molecular weight is 361 g/mol. The molecule has 3 rings (SSSR count). The molecule has 0 saturated carbocycles. The molecule has 0 bridgehead atoms. The number of aryl methyl sites for hydroxylation is 1. The second-order valence-corrected chi connectivity index (χ2v) is 6.30. The van der Waals surface area contributed by atoms with Crippen molar-refractivity contribution >= 4 is 5.96 Å². The first-order valence-electron chi connectivity index (χ1n) is 8.78. The quantitative estimate of drug-likeness (QED) is 0.666. The van der Waals surface area contributed by atoms with E-state index in [2.05, 4.69) is 25.3 Å². The molecule has 8 heteroatoms. The molecule has 26 heavy (non-hydrogen) atoms. The van der Waals surface area contributed by atoms with Crippen LogP contribution in [-0.2, 0) is 11.3 Å². The Morgan fingerprint density at radius 1 is 1.35 bits per heavy atom. The number of aromatic nitrogens is 2. The summed E-state index contributed by atoms with van der Waals surface area (Å²) in [7, 11) is 0. The lowest BCUT2D eigenvalue weighted by molar-refractivity contribution is -0.0605. The normalized spacial score (nSPS) is 21.1. The van der Waals surface area contributed by atoms with Crippen LogP contribution in [0.1, 0.15) is 37.2 Å². The summed E-state index contributed by atoms with van der Waals surface area (Å²) in [5.74, 6) is 1.59. The highest BCUT2D eigenvalue weighted by Crippen LogP contribution is 2.25. The van der Waals surface area contributed by atoms with Gasteiger partial charge in [-0.1, -0.05) is 17.3 Å². The molecule has 1 fully saturated rings. The standard InChI is InChI=1S/C18H24FN5O2/c1-4-20-18(21-9-17-22-13(3)23-26-17)24-10-12(2)25-16(11-24)14-5-7-15(19)8-6-14/h5-8,12,16H,4,9-11H2,1-3H3,(H,20,21). The van der Waals surface area contributed by atoms with Crippen molar-refractivity contribution in [1.82, 2.24) is 20.4 Å². The van der Waals surface area contributed by atoms with Gasteiger partial charge in [-0.15, -0.1) is 0 Å². The van der Waals surface area contributed by atoms with Gasteiger partial charge in [-0.3, -0.25) is 0 Å². The van der Waals surface area contributed by atoms with E-state index in [-0.39, 0.29) is 18.0 Å². The van der Waals surface area contributed by atoms with Gasteiger partial charge in [-0.05, 0) is 38.5 Å². The number of hydrogen-bond donors (Lipinski definition) is 1. The second-order valence-electron chi connectivity index (χ2n) is 6.30. The number of morpholine rings is 1. The topological polar surface area (TPSA) is 75.8 Å². The molecule has 0 radical (unpaired) electrons. The van der Waals surface area contributed by atoms with Gasteiger partial charge in [0.25, 0.3) is 0 Å². The van der Waals surface area contributed by atoms with Gasteiger partial charge in [0, 0.05) is 13.1 Å². The minimum absolute atomic E-state index is 0.0216. The van der Waals surface area contributed by atoms with E-state index in [0.717, 1.165) is 18.1 Å². The van der Waals surface area contributed by atoms with Crippen molar-refractivity contribution in [1.29, 1.82) is 0 Å². The van der Waals surface area contributed by atoms with Crippen molar-refractivity contribution in [3.05, 3.63) is 47.4 Å². The van der Waals surface area contributed by atoms with Crippen LogP contribution in [0.15, 0.2) is 33.8 Å². The first kappa shape index (κ1) is 18.3. The number of nitrogens with one attached hydrogen (secondary N) is 1. The van der Waals surface area contributed by atoms with E-state index in [1.54, 1.807) is 19.1 Å². The molecule has 1 aliphatic heterocycles. The van der Waals surface area contributed by atoms with Crippen molar-refractivity contribution in [3.63, 3.8) is 0 Å². The van der Waals surface area contributed by atoms with Crippen molar-refractivity contribution in [3.8, 4) is 0 Å². The van der Waals surface area contributed by atoms with Crippen LogP contribution < -0.4 is 5.32 Å². The minimum Gasteiger partial charge on any atom is -0.367 e. The van der Waals surface area contributed by atoms with E-state index in [1.807, 2.05) is 13.8 Å². The molecule has 140 valence electrons. The van der Waals surface area contributed by atoms with E-state index >= 15 is 0 Å². The van der Waals surface area contributed by atoms with E-state index in [9.17, 15) is 4.39 Å². The zero-order chi connectivity index (χ0) is 18.5. The number of guanidine groups is 1. The fourth-order valence-electron chi connectivity index (χ4n) is 2.96. The van der Waals surface area contributed by atoms with Crippen LogP contribution in [0.5, 0.6) is 0 Å². The molecule has 2 heterocycles. The smallest absolute Gasteiger partial charge is 0.248 e. The monoisotopic (exact) mass is 361 g/mol. The van der Waals surface area contributed by atoms with Gasteiger partial charge in [0.05, 0.1) is 12.6 Å². The van der Waals surface area contributed by atoms with Gasteiger partial charge in [0.2, 0.25) is 5.89 Å². The predicted octanol–water partition coefficient (Wildman–Crippen LogP) is 2.44. The van der Waals surface area contributed by atoms with Crippen LogP contribution in [-0.4, -0.2) is 46.7 Å². The summed E-state index contributed by atoms with van der Waals surface area (Å²) in [6.45, 7) is 8.22. The van der Waals surface area contributed by atoms with Crippen molar-refractivity contribution < 1.29 is 13.7 Å². The van der Waals surface area contributed by atoms with Gasteiger partial charge in [-0.25, -0.2) is 9.38 Å². The molecule has 1 saturated heterocycles. The summed E-state index contributed by atoms with van der Waals surface area (Å²) in [6, 6.07) is 6.45. The molecular weight excluding hydrogens is 337 g/mol. The number of aliphatic imine (C=N–C) groups is 1. The van der Waals surface area contributed by atoms with Gasteiger partial charge in [0.1, 0.15) is 18.5 Å². The van der Waals surface area contributed by atoms with E-state index in [0.29, 0.717) is 31.3 Å². The molecular formula is C18H24FN5O2. The maximum absolute atomic E-state index is 13.2. The van der Waals surface area contributed by atoms with Crippen LogP contribution in [0.25, 0.3) is 0 Å². The third-order valence-corrected chi connectivity index (χ3v) is 4.07. The van der Waals surface area contributed by atoms with Gasteiger partial charge in [-0.2, -0.15) is 4.98 Å². The Kier molecular flexibility index (Phi) is 5.82. The summed E-state index contributed by atoms with van der Waals surface area (Å²) in [5, 5.41) is 7.09. The molecule has 0 aliphatic carbocycles. The molecule has 7 nitrogen and oxygen atoms in total. The van der Waals surface area contributed by atoms with Gasteiger partial charge >= 0.3 is 0 Å². The zero-order valence-electron chi connectivity index (χ0n) is 15.3. The molecule has 1 N–H and O–H groups in total. The maximum atomic E-state index is 13.2. The van der Waals surface area contributed by atoms with Crippen LogP contribution >= 0.6 is 0 Å². The van der Waals surface area contributed by atoms with E-state index in [1.165, 1.54) is 12.1 Å². The Hall–Kier alpha value is -2.48. The summed E-state index contributed by atoms with van der Waals surface area (Å²) in [4.78, 5) is 10.9. The molecule has 1 aromatic heterocycles. The third kappa shape index (κ3) is 4.57. The Bertz CT molecular complexity index is 746. The number of halogens is 1. The van der Waals surface area contributed by atoms with Crippen molar-refractivity contribution in [2.75, 3.05) is 19.6 Å². The Morgan fingerprint density at radius 2 is 2.12 bits per heavy atom. The summed E-state index contributed by atoms with van der Waals surface area (Å²) < 4.78 is 24.4. The number of benzene rings is 1. The molecule has 1 aromatic carbocycles. The summed E-state index contributed by atoms with van der Waals surface area (Å²) in [6.07, 6.45) is -0.123. The van der Waals surface area contributed by atoms with Crippen molar-refractivity contribution in [2.24, 2.45) is 4.99 Å². The maximum Gasteiger partial charge on any atom is 0.248 e. The van der Waals surface area contributed by atoms with Crippen LogP contribution in [0.2, 0.25) is 0 Å². The molecule has 1 aliphatic rings. The van der Waals surface area contributed by atoms with Gasteiger partial charge in [0.15, 0.2) is 11.8 Å². The molecule has 2 atom stereocenters. The summed E-state index contributed by atoms with van der Waals surface area (Å²) >= 11 is 0. The van der Waals surface area contributed by atoms with Crippen LogP contribution in [0.4, 0.5) is 4.39 Å². The van der Waals surface area contributed by atoms with E-state index in [4.69, 9.17) is 9.26 Å². The number of ether oxygens (including phenoxy) is 1. The lowest BCUT2D eigenvalue weighted by Gasteiger charge is -2.38.